The highest BCUT2D eigenvalue weighted by molar-refractivity contribution is 7.79. The van der Waals surface area contributed by atoms with Crippen molar-refractivity contribution in [3.05, 3.63) is 54.7 Å². The topological polar surface area (TPSA) is 116 Å². The number of fused-ring (bicyclic) bond motifs is 3. The molecule has 13 heteroatoms. The van der Waals surface area contributed by atoms with E-state index in [-0.39, 0.29) is 23.5 Å². The number of hydrogen-bond donors (Lipinski definition) is 1. The van der Waals surface area contributed by atoms with Crippen LogP contribution in [0, 0.1) is 11.8 Å². The Hall–Kier alpha value is -3.29. The van der Waals surface area contributed by atoms with Gasteiger partial charge >= 0.3 is 6.36 Å². The SMILES string of the molecule is O=S([O-])C(C1CCC(c2[nH]cnc3cnc4nccc4c23)CC1)N1CCCC(COc2ccc(OC(F)(F)F)cc2)C1. The van der Waals surface area contributed by atoms with Gasteiger partial charge in [-0.1, -0.05) is 0 Å². The maximum atomic E-state index is 12.6. The number of pyridine rings is 1. The first-order valence-electron chi connectivity index (χ1n) is 14.1. The number of halogens is 3. The molecule has 224 valence electrons. The summed E-state index contributed by atoms with van der Waals surface area (Å²) < 4.78 is 72.1. The van der Waals surface area contributed by atoms with Crippen LogP contribution in [0.25, 0.3) is 21.9 Å². The highest BCUT2D eigenvalue weighted by Gasteiger charge is 2.36. The van der Waals surface area contributed by atoms with E-state index in [0.717, 1.165) is 60.5 Å². The van der Waals surface area contributed by atoms with Crippen LogP contribution in [0.4, 0.5) is 13.2 Å². The number of aromatic amines is 1. The normalized spacial score (nSPS) is 23.6. The zero-order valence-electron chi connectivity index (χ0n) is 22.8. The lowest BCUT2D eigenvalue weighted by Crippen LogP contribution is -2.50. The molecule has 42 heavy (non-hydrogen) atoms. The Morgan fingerprint density at radius 2 is 1.81 bits per heavy atom. The summed E-state index contributed by atoms with van der Waals surface area (Å²) in [6.07, 6.45) is 5.49. The minimum absolute atomic E-state index is 0.0239. The first-order valence-corrected chi connectivity index (χ1v) is 15.3. The molecule has 4 heterocycles. The van der Waals surface area contributed by atoms with E-state index in [9.17, 15) is 21.9 Å². The second kappa shape index (κ2) is 12.1. The van der Waals surface area contributed by atoms with Crippen molar-refractivity contribution in [1.29, 1.82) is 0 Å². The third kappa shape index (κ3) is 6.37. The van der Waals surface area contributed by atoms with Gasteiger partial charge in [0.25, 0.3) is 0 Å². The standard InChI is InChI=1S/C29H32F3N5O4S/c30-29(31,32)41-22-9-7-21(8-10-22)40-16-18-2-1-13-37(15-18)28(42(38)39)20-5-3-19(4-6-20)26-25-23-11-12-33-27(23)34-14-24(25)35-17-36-26/h7-12,14,17-20,28H,1-6,13,15-16H2,(H,35,36)(H,38,39)/p-1. The van der Waals surface area contributed by atoms with Crippen LogP contribution >= 0.6 is 0 Å². The van der Waals surface area contributed by atoms with E-state index in [1.54, 1.807) is 18.7 Å². The Morgan fingerprint density at radius 3 is 2.55 bits per heavy atom. The van der Waals surface area contributed by atoms with Crippen molar-refractivity contribution in [3.63, 3.8) is 0 Å². The molecule has 1 saturated carbocycles. The molecule has 4 aromatic rings. The van der Waals surface area contributed by atoms with Crippen LogP contribution in [-0.2, 0) is 11.1 Å². The van der Waals surface area contributed by atoms with Crippen molar-refractivity contribution < 1.29 is 31.4 Å². The summed E-state index contributed by atoms with van der Waals surface area (Å²) in [5.74, 6) is 0.519. The molecular formula is C29H31F3N5O4S-. The minimum atomic E-state index is -4.75. The number of nitrogens with zero attached hydrogens (tertiary/aromatic N) is 4. The van der Waals surface area contributed by atoms with Gasteiger partial charge < -0.3 is 19.0 Å². The first-order chi connectivity index (χ1) is 20.2. The molecule has 0 bridgehead atoms. The van der Waals surface area contributed by atoms with Crippen molar-refractivity contribution in [2.24, 2.45) is 11.8 Å². The predicted molar refractivity (Wildman–Crippen MR) is 150 cm³/mol. The number of H-pyrrole nitrogens is 1. The minimum Gasteiger partial charge on any atom is -0.771 e. The Kier molecular flexibility index (Phi) is 8.33. The van der Waals surface area contributed by atoms with Crippen molar-refractivity contribution >= 4 is 33.0 Å². The van der Waals surface area contributed by atoms with E-state index < -0.39 is 22.8 Å². The second-order valence-electron chi connectivity index (χ2n) is 11.1. The highest BCUT2D eigenvalue weighted by atomic mass is 32.2. The summed E-state index contributed by atoms with van der Waals surface area (Å²) in [5.41, 5.74) is 2.61. The summed E-state index contributed by atoms with van der Waals surface area (Å²) >= 11 is -2.26. The molecule has 1 aliphatic carbocycles. The molecule has 0 spiro atoms. The summed E-state index contributed by atoms with van der Waals surface area (Å²) in [6, 6.07) is 7.26. The van der Waals surface area contributed by atoms with Crippen LogP contribution in [-0.4, -0.2) is 65.0 Å². The number of nitrogens with one attached hydrogen (secondary N) is 1. The molecule has 6 rings (SSSR count). The fraction of sp³-hybridized carbons (Fsp3) is 0.483. The first kappa shape index (κ1) is 28.8. The monoisotopic (exact) mass is 602 g/mol. The smallest absolute Gasteiger partial charge is 0.573 e. The largest absolute Gasteiger partial charge is 0.771 e. The van der Waals surface area contributed by atoms with Crippen LogP contribution in [0.1, 0.15) is 50.1 Å². The molecule has 0 amide bonds. The Labute approximate surface area is 243 Å². The van der Waals surface area contributed by atoms with Crippen molar-refractivity contribution in [2.45, 2.75) is 56.2 Å². The number of rotatable bonds is 8. The number of likely N-dealkylation sites (tertiary alicyclic amines) is 1. The molecule has 1 aromatic carbocycles. The van der Waals surface area contributed by atoms with Crippen LogP contribution < -0.4 is 9.47 Å². The van der Waals surface area contributed by atoms with Crippen LogP contribution in [0.15, 0.2) is 49.1 Å². The summed E-state index contributed by atoms with van der Waals surface area (Å²) in [7, 11) is 0. The summed E-state index contributed by atoms with van der Waals surface area (Å²) in [4.78, 5) is 18.6. The van der Waals surface area contributed by atoms with Gasteiger partial charge in [0, 0.05) is 35.1 Å². The molecule has 1 N–H and O–H groups in total. The van der Waals surface area contributed by atoms with E-state index in [0.29, 0.717) is 31.1 Å². The van der Waals surface area contributed by atoms with Gasteiger partial charge in [-0.25, -0.2) is 15.0 Å². The van der Waals surface area contributed by atoms with Gasteiger partial charge in [-0.2, -0.15) is 0 Å². The molecule has 1 aliphatic heterocycles. The molecule has 2 fully saturated rings. The Bertz CT molecular complexity index is 1540. The second-order valence-corrected chi connectivity index (χ2v) is 12.1. The molecule has 0 radical (unpaired) electrons. The van der Waals surface area contributed by atoms with Gasteiger partial charge in [0.05, 0.1) is 30.0 Å². The van der Waals surface area contributed by atoms with Gasteiger partial charge in [0.2, 0.25) is 0 Å². The lowest BCUT2D eigenvalue weighted by atomic mass is 9.79. The number of alkyl halides is 3. The Morgan fingerprint density at radius 1 is 1.05 bits per heavy atom. The number of hydrogen-bond acceptors (Lipinski definition) is 8. The average molecular weight is 603 g/mol. The van der Waals surface area contributed by atoms with Crippen LogP contribution in [0.2, 0.25) is 0 Å². The molecule has 3 unspecified atom stereocenters. The van der Waals surface area contributed by atoms with Gasteiger partial charge in [-0.05, 0) is 98.3 Å². The van der Waals surface area contributed by atoms with Gasteiger partial charge in [-0.3, -0.25) is 9.11 Å². The van der Waals surface area contributed by atoms with E-state index in [1.165, 1.54) is 24.3 Å². The lowest BCUT2D eigenvalue weighted by molar-refractivity contribution is -0.274. The zero-order chi connectivity index (χ0) is 29.3. The third-order valence-corrected chi connectivity index (χ3v) is 9.52. The molecule has 3 atom stereocenters. The summed E-state index contributed by atoms with van der Waals surface area (Å²) in [5, 5.41) is 1.44. The van der Waals surface area contributed by atoms with E-state index in [4.69, 9.17) is 4.74 Å². The van der Waals surface area contributed by atoms with Gasteiger partial charge in [0.1, 0.15) is 11.5 Å². The number of piperidine rings is 1. The van der Waals surface area contributed by atoms with Crippen molar-refractivity contribution in [1.82, 2.24) is 24.8 Å². The van der Waals surface area contributed by atoms with Crippen LogP contribution in [0.3, 0.4) is 0 Å². The maximum Gasteiger partial charge on any atom is 0.573 e. The number of ether oxygens (including phenoxy) is 2. The fourth-order valence-electron chi connectivity index (χ4n) is 6.58. The zero-order valence-corrected chi connectivity index (χ0v) is 23.6. The molecule has 9 nitrogen and oxygen atoms in total. The summed E-state index contributed by atoms with van der Waals surface area (Å²) in [6.45, 7) is 1.65. The van der Waals surface area contributed by atoms with Gasteiger partial charge in [0.15, 0.2) is 5.65 Å². The molecular weight excluding hydrogens is 571 g/mol. The Balaban J connectivity index is 1.08. The molecule has 2 aliphatic rings. The van der Waals surface area contributed by atoms with Crippen molar-refractivity contribution in [3.8, 4) is 11.5 Å². The van der Waals surface area contributed by atoms with Crippen LogP contribution in [0.5, 0.6) is 11.5 Å². The number of benzene rings is 1. The highest BCUT2D eigenvalue weighted by Crippen LogP contribution is 2.41. The molecule has 3 aromatic heterocycles. The average Bonchev–Trinajstić information content (AvgIpc) is 3.46. The third-order valence-electron chi connectivity index (χ3n) is 8.44. The fourth-order valence-corrected chi connectivity index (χ4v) is 7.60. The van der Waals surface area contributed by atoms with E-state index in [2.05, 4.69) is 29.6 Å². The number of aromatic nitrogens is 4. The predicted octanol–water partition coefficient (Wildman–Crippen LogP) is 5.67. The molecule has 1 saturated heterocycles. The van der Waals surface area contributed by atoms with Gasteiger partial charge in [-0.15, -0.1) is 13.2 Å². The maximum absolute atomic E-state index is 12.6. The van der Waals surface area contributed by atoms with Crippen molar-refractivity contribution in [2.75, 3.05) is 19.7 Å². The van der Waals surface area contributed by atoms with E-state index in [1.807, 2.05) is 6.07 Å². The lowest BCUT2D eigenvalue weighted by Gasteiger charge is -2.44. The quantitative estimate of drug-likeness (QED) is 0.256. The van der Waals surface area contributed by atoms with E-state index >= 15 is 0 Å².